The van der Waals surface area contributed by atoms with Crippen molar-refractivity contribution in [3.63, 3.8) is 0 Å². The molecule has 0 bridgehead atoms. The molecule has 23 heavy (non-hydrogen) atoms. The summed E-state index contributed by atoms with van der Waals surface area (Å²) >= 11 is 0. The molecule has 112 valence electrons. The zero-order chi connectivity index (χ0) is 16.0. The Balaban J connectivity index is 2.16. The number of aliphatic imine (C=N–C) groups is 1. The van der Waals surface area contributed by atoms with E-state index in [1.54, 1.807) is 0 Å². The van der Waals surface area contributed by atoms with E-state index >= 15 is 0 Å². The van der Waals surface area contributed by atoms with E-state index in [4.69, 9.17) is 0 Å². The fourth-order valence-corrected chi connectivity index (χ4v) is 3.43. The maximum Gasteiger partial charge on any atom is 0.102 e. The van der Waals surface area contributed by atoms with Crippen LogP contribution in [0.15, 0.2) is 47.5 Å². The molecule has 4 rings (SSSR count). The van der Waals surface area contributed by atoms with Crippen molar-refractivity contribution in [3.8, 4) is 11.8 Å². The molecule has 3 heteroatoms. The molecular weight excluding hydrogens is 282 g/mol. The zero-order valence-electron chi connectivity index (χ0n) is 13.2. The van der Waals surface area contributed by atoms with Gasteiger partial charge in [-0.3, -0.25) is 4.99 Å². The number of benzene rings is 2. The first-order valence-electron chi connectivity index (χ1n) is 7.87. The molecule has 0 saturated heterocycles. The maximum atomic E-state index is 9.78. The smallest absolute Gasteiger partial charge is 0.102 e. The molecule has 1 aliphatic rings. The average molecular weight is 299 g/mol. The molecule has 0 radical (unpaired) electrons. The predicted molar refractivity (Wildman–Crippen MR) is 93.4 cm³/mol. The number of nitrogens with zero attached hydrogens (tertiary/aromatic N) is 3. The van der Waals surface area contributed by atoms with Gasteiger partial charge < -0.3 is 4.57 Å². The Labute approximate surface area is 135 Å². The SMILES string of the molecule is CC(C)c1c(C#N)c2cc3c(cc2n1-c1ccccc1)C=NC3. The van der Waals surface area contributed by atoms with Crippen molar-refractivity contribution in [1.29, 1.82) is 5.26 Å². The van der Waals surface area contributed by atoms with Crippen LogP contribution in [0.2, 0.25) is 0 Å². The summed E-state index contributed by atoms with van der Waals surface area (Å²) < 4.78 is 2.23. The molecule has 0 spiro atoms. The van der Waals surface area contributed by atoms with E-state index in [0.29, 0.717) is 6.54 Å². The van der Waals surface area contributed by atoms with Gasteiger partial charge in [0.2, 0.25) is 0 Å². The molecule has 0 fully saturated rings. The van der Waals surface area contributed by atoms with Gasteiger partial charge in [-0.05, 0) is 41.3 Å². The Hall–Kier alpha value is -2.86. The minimum Gasteiger partial charge on any atom is -0.312 e. The van der Waals surface area contributed by atoms with Crippen LogP contribution in [0.3, 0.4) is 0 Å². The minimum atomic E-state index is 0.265. The van der Waals surface area contributed by atoms with Crippen molar-refractivity contribution in [2.24, 2.45) is 4.99 Å². The summed E-state index contributed by atoms with van der Waals surface area (Å²) in [7, 11) is 0. The van der Waals surface area contributed by atoms with Gasteiger partial charge in [-0.25, -0.2) is 0 Å². The molecule has 0 aliphatic carbocycles. The average Bonchev–Trinajstić information content (AvgIpc) is 3.14. The van der Waals surface area contributed by atoms with Gasteiger partial charge in [-0.2, -0.15) is 5.26 Å². The van der Waals surface area contributed by atoms with Crippen LogP contribution in [0, 0.1) is 11.3 Å². The van der Waals surface area contributed by atoms with Gasteiger partial charge in [-0.1, -0.05) is 32.0 Å². The van der Waals surface area contributed by atoms with Crippen LogP contribution < -0.4 is 0 Å². The highest BCUT2D eigenvalue weighted by Crippen LogP contribution is 2.35. The van der Waals surface area contributed by atoms with Crippen LogP contribution in [0.25, 0.3) is 16.6 Å². The molecule has 3 aromatic rings. The molecule has 3 nitrogen and oxygen atoms in total. The van der Waals surface area contributed by atoms with Gasteiger partial charge in [0, 0.05) is 23.0 Å². The lowest BCUT2D eigenvalue weighted by molar-refractivity contribution is 0.792. The molecule has 1 aromatic heterocycles. The van der Waals surface area contributed by atoms with E-state index in [1.165, 1.54) is 5.56 Å². The van der Waals surface area contributed by atoms with E-state index in [2.05, 4.69) is 53.7 Å². The fourth-order valence-electron chi connectivity index (χ4n) is 3.43. The van der Waals surface area contributed by atoms with Crippen LogP contribution in [-0.4, -0.2) is 10.8 Å². The number of hydrogen-bond donors (Lipinski definition) is 0. The van der Waals surface area contributed by atoms with Gasteiger partial charge in [0.05, 0.1) is 17.6 Å². The Kier molecular flexibility index (Phi) is 3.06. The number of hydrogen-bond acceptors (Lipinski definition) is 2. The Morgan fingerprint density at radius 3 is 2.65 bits per heavy atom. The van der Waals surface area contributed by atoms with Crippen molar-refractivity contribution >= 4 is 17.1 Å². The molecule has 0 atom stereocenters. The van der Waals surface area contributed by atoms with Crippen LogP contribution in [-0.2, 0) is 6.54 Å². The standard InChI is InChI=1S/C20H17N3/c1-13(2)20-18(10-21)17-8-14-11-22-12-15(14)9-19(17)23(20)16-6-4-3-5-7-16/h3-9,12-13H,11H2,1-2H3. The third kappa shape index (κ3) is 1.99. The number of fused-ring (bicyclic) bond motifs is 2. The van der Waals surface area contributed by atoms with Crippen molar-refractivity contribution in [3.05, 3.63) is 64.8 Å². The molecular formula is C20H17N3. The van der Waals surface area contributed by atoms with Crippen molar-refractivity contribution in [2.75, 3.05) is 0 Å². The Bertz CT molecular complexity index is 970. The summed E-state index contributed by atoms with van der Waals surface area (Å²) in [4.78, 5) is 4.35. The van der Waals surface area contributed by atoms with Gasteiger partial charge >= 0.3 is 0 Å². The molecule has 0 saturated carbocycles. The van der Waals surface area contributed by atoms with Gasteiger partial charge in [0.15, 0.2) is 0 Å². The van der Waals surface area contributed by atoms with E-state index in [1.807, 2.05) is 24.4 Å². The van der Waals surface area contributed by atoms with E-state index in [9.17, 15) is 5.26 Å². The first-order valence-corrected chi connectivity index (χ1v) is 7.87. The molecule has 0 N–H and O–H groups in total. The second kappa shape index (κ2) is 5.10. The summed E-state index contributed by atoms with van der Waals surface area (Å²) in [6.45, 7) is 5.00. The van der Waals surface area contributed by atoms with Crippen LogP contribution in [0.1, 0.15) is 42.1 Å². The van der Waals surface area contributed by atoms with Crippen molar-refractivity contribution in [1.82, 2.24) is 4.57 Å². The van der Waals surface area contributed by atoms with Crippen molar-refractivity contribution < 1.29 is 0 Å². The highest BCUT2D eigenvalue weighted by molar-refractivity contribution is 5.97. The third-order valence-electron chi connectivity index (χ3n) is 4.43. The zero-order valence-corrected chi connectivity index (χ0v) is 13.2. The van der Waals surface area contributed by atoms with Gasteiger partial charge in [0.1, 0.15) is 6.07 Å². The molecule has 0 unspecified atom stereocenters. The van der Waals surface area contributed by atoms with Gasteiger partial charge in [0.25, 0.3) is 0 Å². The summed E-state index contributed by atoms with van der Waals surface area (Å²) in [5, 5.41) is 10.8. The highest BCUT2D eigenvalue weighted by Gasteiger charge is 2.22. The monoisotopic (exact) mass is 299 g/mol. The number of rotatable bonds is 2. The van der Waals surface area contributed by atoms with Crippen molar-refractivity contribution in [2.45, 2.75) is 26.3 Å². The Morgan fingerprint density at radius 2 is 1.96 bits per heavy atom. The molecule has 2 aromatic carbocycles. The Morgan fingerprint density at radius 1 is 1.17 bits per heavy atom. The second-order valence-electron chi connectivity index (χ2n) is 6.24. The van der Waals surface area contributed by atoms with E-state index < -0.39 is 0 Å². The largest absolute Gasteiger partial charge is 0.312 e. The predicted octanol–water partition coefficient (Wildman–Crippen LogP) is 4.56. The third-order valence-corrected chi connectivity index (χ3v) is 4.43. The molecule has 1 aliphatic heterocycles. The lowest BCUT2D eigenvalue weighted by Crippen LogP contribution is -2.03. The fraction of sp³-hybridized carbons (Fsp3) is 0.200. The quantitative estimate of drug-likeness (QED) is 0.684. The summed E-state index contributed by atoms with van der Waals surface area (Å²) in [6, 6.07) is 17.0. The lowest BCUT2D eigenvalue weighted by atomic mass is 10.0. The topological polar surface area (TPSA) is 41.1 Å². The normalized spacial score (nSPS) is 12.8. The van der Waals surface area contributed by atoms with E-state index in [0.717, 1.165) is 33.4 Å². The first-order chi connectivity index (χ1) is 11.2. The molecule has 2 heterocycles. The van der Waals surface area contributed by atoms with Crippen LogP contribution in [0.4, 0.5) is 0 Å². The summed E-state index contributed by atoms with van der Waals surface area (Å²) in [5.74, 6) is 0.265. The number of nitriles is 1. The number of aromatic nitrogens is 1. The highest BCUT2D eigenvalue weighted by atomic mass is 15.0. The summed E-state index contributed by atoms with van der Waals surface area (Å²) in [5.41, 5.74) is 6.41. The van der Waals surface area contributed by atoms with Crippen LogP contribution in [0.5, 0.6) is 0 Å². The maximum absolute atomic E-state index is 9.78. The lowest BCUT2D eigenvalue weighted by Gasteiger charge is -2.14. The second-order valence-corrected chi connectivity index (χ2v) is 6.24. The van der Waals surface area contributed by atoms with E-state index in [-0.39, 0.29) is 5.92 Å². The number of para-hydroxylation sites is 1. The van der Waals surface area contributed by atoms with Crippen LogP contribution >= 0.6 is 0 Å². The summed E-state index contributed by atoms with van der Waals surface area (Å²) in [6.07, 6.45) is 1.93. The minimum absolute atomic E-state index is 0.265. The molecule has 0 amide bonds. The van der Waals surface area contributed by atoms with Gasteiger partial charge in [-0.15, -0.1) is 0 Å². The first kappa shape index (κ1) is 13.8.